The van der Waals surface area contributed by atoms with Gasteiger partial charge in [0.2, 0.25) is 0 Å². The first kappa shape index (κ1) is 12.8. The average molecular weight is 340 g/mol. The van der Waals surface area contributed by atoms with Gasteiger partial charge in [0.15, 0.2) is 11.5 Å². The smallest absolute Gasteiger partial charge is 0.173 e. The summed E-state index contributed by atoms with van der Waals surface area (Å²) in [5.74, 6) is -0.232. The zero-order valence-corrected chi connectivity index (χ0v) is 11.3. The highest BCUT2D eigenvalue weighted by molar-refractivity contribution is 9.13. The van der Waals surface area contributed by atoms with Crippen LogP contribution >= 0.6 is 31.9 Å². The zero-order valence-electron chi connectivity index (χ0n) is 8.17. The zero-order chi connectivity index (χ0) is 11.6. The van der Waals surface area contributed by atoms with E-state index in [9.17, 15) is 10.2 Å². The molecule has 0 aromatic heterocycles. The summed E-state index contributed by atoms with van der Waals surface area (Å²) in [6, 6.07) is 1.50. The number of phenolic OH excluding ortho intramolecular Hbond substituents is 2. The predicted molar refractivity (Wildman–Crippen MR) is 65.1 cm³/mol. The van der Waals surface area contributed by atoms with E-state index >= 15 is 0 Å². The lowest BCUT2D eigenvalue weighted by Crippen LogP contribution is -2.05. The number of rotatable bonds is 3. The van der Waals surface area contributed by atoms with E-state index < -0.39 is 0 Å². The van der Waals surface area contributed by atoms with Gasteiger partial charge >= 0.3 is 0 Å². The fraction of sp³-hybridized carbons (Fsp3) is 0.400. The number of aliphatic hydroxyl groups excluding tert-OH is 1. The Hall–Kier alpha value is -0.260. The van der Waals surface area contributed by atoms with Crippen molar-refractivity contribution >= 4 is 31.9 Å². The third-order valence-electron chi connectivity index (χ3n) is 2.12. The molecule has 1 aromatic carbocycles. The normalized spacial score (nSPS) is 12.8. The molecule has 0 bridgehead atoms. The van der Waals surface area contributed by atoms with Crippen LogP contribution in [0.15, 0.2) is 15.0 Å². The number of hydrogen-bond donors (Lipinski definition) is 3. The fourth-order valence-electron chi connectivity index (χ4n) is 1.24. The molecule has 0 fully saturated rings. The molecule has 0 aliphatic heterocycles. The maximum Gasteiger partial charge on any atom is 0.173 e. The summed E-state index contributed by atoms with van der Waals surface area (Å²) >= 11 is 6.50. The van der Waals surface area contributed by atoms with Gasteiger partial charge in [0, 0.05) is 11.1 Å². The largest absolute Gasteiger partial charge is 0.504 e. The summed E-state index contributed by atoms with van der Waals surface area (Å²) in [5, 5.41) is 27.8. The fourth-order valence-corrected chi connectivity index (χ4v) is 2.16. The molecule has 15 heavy (non-hydrogen) atoms. The van der Waals surface area contributed by atoms with E-state index in [1.165, 1.54) is 6.07 Å². The lowest BCUT2D eigenvalue weighted by molar-refractivity contribution is 0.237. The van der Waals surface area contributed by atoms with Crippen LogP contribution in [0.25, 0.3) is 0 Å². The molecular formula is C10H12Br2O3. The monoisotopic (exact) mass is 338 g/mol. The second-order valence-electron chi connectivity index (χ2n) is 3.52. The molecule has 3 N–H and O–H groups in total. The summed E-state index contributed by atoms with van der Waals surface area (Å²) in [5.41, 5.74) is 0.846. The number of hydrogen-bond acceptors (Lipinski definition) is 3. The van der Waals surface area contributed by atoms with E-state index in [1.807, 2.05) is 6.92 Å². The summed E-state index contributed by atoms with van der Waals surface area (Å²) in [6.07, 6.45) is 0.628. The highest BCUT2D eigenvalue weighted by Crippen LogP contribution is 2.41. The molecule has 0 radical (unpaired) electrons. The van der Waals surface area contributed by atoms with Crippen LogP contribution < -0.4 is 0 Å². The first-order valence-electron chi connectivity index (χ1n) is 4.47. The van der Waals surface area contributed by atoms with Crippen molar-refractivity contribution < 1.29 is 15.3 Å². The Bertz CT molecular complexity index is 366. The summed E-state index contributed by atoms with van der Waals surface area (Å²) < 4.78 is 1.14. The Morgan fingerprint density at radius 1 is 1.27 bits per heavy atom. The van der Waals surface area contributed by atoms with Crippen molar-refractivity contribution in [2.45, 2.75) is 13.3 Å². The Morgan fingerprint density at radius 2 is 1.87 bits per heavy atom. The van der Waals surface area contributed by atoms with Crippen LogP contribution in [0, 0.1) is 5.92 Å². The number of halogens is 2. The van der Waals surface area contributed by atoms with Gasteiger partial charge in [-0.2, -0.15) is 0 Å². The second-order valence-corrected chi connectivity index (χ2v) is 5.11. The Labute approximate surface area is 105 Å². The molecule has 1 aromatic rings. The summed E-state index contributed by atoms with van der Waals surface area (Å²) in [6.45, 7) is 2.00. The van der Waals surface area contributed by atoms with Crippen LogP contribution in [0.4, 0.5) is 0 Å². The van der Waals surface area contributed by atoms with Gasteiger partial charge < -0.3 is 15.3 Å². The Morgan fingerprint density at radius 3 is 2.40 bits per heavy atom. The van der Waals surface area contributed by atoms with Gasteiger partial charge in [-0.15, -0.1) is 0 Å². The van der Waals surface area contributed by atoms with Crippen molar-refractivity contribution in [2.75, 3.05) is 6.61 Å². The van der Waals surface area contributed by atoms with Gasteiger partial charge in [0.1, 0.15) is 0 Å². The van der Waals surface area contributed by atoms with Crippen LogP contribution in [-0.2, 0) is 6.42 Å². The van der Waals surface area contributed by atoms with E-state index in [-0.39, 0.29) is 24.0 Å². The van der Waals surface area contributed by atoms with Gasteiger partial charge in [-0.05, 0) is 55.8 Å². The van der Waals surface area contributed by atoms with E-state index in [2.05, 4.69) is 31.9 Å². The van der Waals surface area contributed by atoms with Crippen molar-refractivity contribution in [3.8, 4) is 11.5 Å². The first-order chi connectivity index (χ1) is 6.97. The molecule has 0 aliphatic rings. The van der Waals surface area contributed by atoms with Gasteiger partial charge in [-0.3, -0.25) is 0 Å². The standard InChI is InChI=1S/C10H12Br2O3/c1-5(4-13)2-6-3-7(14)10(15)9(12)8(6)11/h3,5,13-15H,2,4H2,1H3. The maximum atomic E-state index is 9.43. The quantitative estimate of drug-likeness (QED) is 0.742. The van der Waals surface area contributed by atoms with Crippen LogP contribution in [-0.4, -0.2) is 21.9 Å². The molecule has 1 rings (SSSR count). The summed E-state index contributed by atoms with van der Waals surface area (Å²) in [4.78, 5) is 0. The highest BCUT2D eigenvalue weighted by atomic mass is 79.9. The molecule has 1 atom stereocenters. The highest BCUT2D eigenvalue weighted by Gasteiger charge is 2.15. The van der Waals surface area contributed by atoms with Crippen molar-refractivity contribution in [1.29, 1.82) is 0 Å². The molecule has 0 saturated heterocycles. The molecule has 0 aliphatic carbocycles. The summed E-state index contributed by atoms with van der Waals surface area (Å²) in [7, 11) is 0. The lowest BCUT2D eigenvalue weighted by Gasteiger charge is -2.12. The van der Waals surface area contributed by atoms with Crippen molar-refractivity contribution in [3.05, 3.63) is 20.6 Å². The van der Waals surface area contributed by atoms with E-state index in [0.717, 1.165) is 5.56 Å². The predicted octanol–water partition coefficient (Wildman–Crippen LogP) is 2.79. The van der Waals surface area contributed by atoms with Gasteiger partial charge in [0.05, 0.1) is 4.47 Å². The van der Waals surface area contributed by atoms with Gasteiger partial charge in [-0.1, -0.05) is 6.92 Å². The lowest BCUT2D eigenvalue weighted by atomic mass is 10.0. The maximum absolute atomic E-state index is 9.43. The molecule has 0 saturated carbocycles. The third kappa shape index (κ3) is 2.86. The molecule has 5 heteroatoms. The SMILES string of the molecule is CC(CO)Cc1cc(O)c(O)c(Br)c1Br. The first-order valence-corrected chi connectivity index (χ1v) is 6.05. The minimum atomic E-state index is -0.178. The van der Waals surface area contributed by atoms with E-state index in [1.54, 1.807) is 0 Å². The van der Waals surface area contributed by atoms with E-state index in [0.29, 0.717) is 15.4 Å². The van der Waals surface area contributed by atoms with E-state index in [4.69, 9.17) is 5.11 Å². The molecule has 84 valence electrons. The molecule has 1 unspecified atom stereocenters. The van der Waals surface area contributed by atoms with Gasteiger partial charge in [0.25, 0.3) is 0 Å². The molecule has 0 heterocycles. The van der Waals surface area contributed by atoms with Crippen LogP contribution in [0.2, 0.25) is 0 Å². The number of aromatic hydroxyl groups is 2. The number of benzene rings is 1. The van der Waals surface area contributed by atoms with Crippen LogP contribution in [0.1, 0.15) is 12.5 Å². The van der Waals surface area contributed by atoms with Gasteiger partial charge in [-0.25, -0.2) is 0 Å². The Kier molecular flexibility index (Phi) is 4.43. The minimum Gasteiger partial charge on any atom is -0.504 e. The molecule has 0 spiro atoms. The number of phenols is 2. The Balaban J connectivity index is 3.09. The topological polar surface area (TPSA) is 60.7 Å². The molecule has 3 nitrogen and oxygen atoms in total. The average Bonchev–Trinajstić information content (AvgIpc) is 2.22. The van der Waals surface area contributed by atoms with Crippen LogP contribution in [0.3, 0.4) is 0 Å². The molecule has 0 amide bonds. The van der Waals surface area contributed by atoms with Crippen molar-refractivity contribution in [2.24, 2.45) is 5.92 Å². The minimum absolute atomic E-state index is 0.0890. The third-order valence-corrected chi connectivity index (χ3v) is 4.33. The van der Waals surface area contributed by atoms with Crippen molar-refractivity contribution in [3.63, 3.8) is 0 Å². The van der Waals surface area contributed by atoms with Crippen LogP contribution in [0.5, 0.6) is 11.5 Å². The second kappa shape index (κ2) is 5.18. The van der Waals surface area contributed by atoms with Crippen molar-refractivity contribution in [1.82, 2.24) is 0 Å². The molecular weight excluding hydrogens is 328 g/mol. The number of aliphatic hydroxyl groups is 1.